The molecule has 0 fully saturated rings. The Bertz CT molecular complexity index is 941. The smallest absolute Gasteiger partial charge is 0.233 e. The van der Waals surface area contributed by atoms with Gasteiger partial charge in [-0.15, -0.1) is 0 Å². The van der Waals surface area contributed by atoms with E-state index in [1.165, 1.54) is 6.07 Å². The van der Waals surface area contributed by atoms with E-state index in [-0.39, 0.29) is 17.1 Å². The van der Waals surface area contributed by atoms with Gasteiger partial charge in [-0.3, -0.25) is 9.89 Å². The van der Waals surface area contributed by atoms with Crippen molar-refractivity contribution in [3.8, 4) is 5.75 Å². The average Bonchev–Trinajstić information content (AvgIpc) is 2.98. The zero-order valence-electron chi connectivity index (χ0n) is 12.5. The fraction of sp³-hybridized carbons (Fsp3) is 0.176. The standard InChI is InChI=1S/C17H13ClFN3O2/c18-9-4-5-14-11(8-9)10(6-7-24-14)17(23)20-16-15-12(19)2-1-3-13(15)21-22-16/h1-5,8,10H,6-7H2,(H2,20,21,22,23). The maximum atomic E-state index is 14.0. The summed E-state index contributed by atoms with van der Waals surface area (Å²) >= 11 is 6.03. The highest BCUT2D eigenvalue weighted by molar-refractivity contribution is 6.30. The molecule has 122 valence electrons. The van der Waals surface area contributed by atoms with Gasteiger partial charge in [0.25, 0.3) is 0 Å². The van der Waals surface area contributed by atoms with Gasteiger partial charge < -0.3 is 10.1 Å². The number of rotatable bonds is 2. The van der Waals surface area contributed by atoms with Crippen molar-refractivity contribution in [3.63, 3.8) is 0 Å². The van der Waals surface area contributed by atoms with Crippen molar-refractivity contribution in [2.24, 2.45) is 0 Å². The third-order valence-electron chi connectivity index (χ3n) is 4.11. The van der Waals surface area contributed by atoms with Gasteiger partial charge in [-0.25, -0.2) is 4.39 Å². The van der Waals surface area contributed by atoms with Gasteiger partial charge in [0.2, 0.25) is 5.91 Å². The summed E-state index contributed by atoms with van der Waals surface area (Å²) in [5.74, 6) is -0.302. The Morgan fingerprint density at radius 2 is 2.25 bits per heavy atom. The van der Waals surface area contributed by atoms with E-state index in [0.717, 1.165) is 5.56 Å². The van der Waals surface area contributed by atoms with Crippen LogP contribution in [0.5, 0.6) is 5.75 Å². The van der Waals surface area contributed by atoms with Gasteiger partial charge in [-0.05, 0) is 36.8 Å². The van der Waals surface area contributed by atoms with Crippen molar-refractivity contribution in [1.82, 2.24) is 10.2 Å². The largest absolute Gasteiger partial charge is 0.493 e. The minimum Gasteiger partial charge on any atom is -0.493 e. The number of nitrogens with one attached hydrogen (secondary N) is 2. The Kier molecular flexibility index (Phi) is 3.61. The Morgan fingerprint density at radius 1 is 1.38 bits per heavy atom. The van der Waals surface area contributed by atoms with Crippen LogP contribution in [0.4, 0.5) is 10.2 Å². The van der Waals surface area contributed by atoms with Crippen molar-refractivity contribution in [3.05, 3.63) is 52.8 Å². The van der Waals surface area contributed by atoms with Crippen LogP contribution in [0.2, 0.25) is 5.02 Å². The molecule has 1 amide bonds. The van der Waals surface area contributed by atoms with E-state index in [1.54, 1.807) is 30.3 Å². The van der Waals surface area contributed by atoms with Crippen molar-refractivity contribution < 1.29 is 13.9 Å². The predicted molar refractivity (Wildman–Crippen MR) is 89.0 cm³/mol. The molecule has 2 N–H and O–H groups in total. The molecule has 1 atom stereocenters. The summed E-state index contributed by atoms with van der Waals surface area (Å²) in [5.41, 5.74) is 1.26. The monoisotopic (exact) mass is 345 g/mol. The van der Waals surface area contributed by atoms with Gasteiger partial charge in [-0.2, -0.15) is 5.10 Å². The van der Waals surface area contributed by atoms with E-state index >= 15 is 0 Å². The van der Waals surface area contributed by atoms with Crippen LogP contribution in [-0.2, 0) is 4.79 Å². The highest BCUT2D eigenvalue weighted by Crippen LogP contribution is 2.36. The van der Waals surface area contributed by atoms with Gasteiger partial charge in [0.15, 0.2) is 5.82 Å². The Balaban J connectivity index is 1.67. The number of aromatic amines is 1. The summed E-state index contributed by atoms with van der Waals surface area (Å²) < 4.78 is 19.6. The molecule has 24 heavy (non-hydrogen) atoms. The van der Waals surface area contributed by atoms with Gasteiger partial charge in [0.05, 0.1) is 23.4 Å². The van der Waals surface area contributed by atoms with Crippen molar-refractivity contribution in [2.75, 3.05) is 11.9 Å². The molecule has 1 unspecified atom stereocenters. The number of H-pyrrole nitrogens is 1. The second-order valence-corrected chi connectivity index (χ2v) is 6.03. The summed E-state index contributed by atoms with van der Waals surface area (Å²) in [6.45, 7) is 0.433. The van der Waals surface area contributed by atoms with E-state index < -0.39 is 11.7 Å². The number of aromatic nitrogens is 2. The molecule has 1 aliphatic heterocycles. The van der Waals surface area contributed by atoms with Gasteiger partial charge >= 0.3 is 0 Å². The third kappa shape index (κ3) is 2.49. The van der Waals surface area contributed by atoms with Crippen LogP contribution in [0.3, 0.4) is 0 Å². The van der Waals surface area contributed by atoms with Crippen molar-refractivity contribution in [1.29, 1.82) is 0 Å². The number of nitrogens with zero attached hydrogens (tertiary/aromatic N) is 1. The molecule has 0 bridgehead atoms. The number of hydrogen-bond donors (Lipinski definition) is 2. The van der Waals surface area contributed by atoms with Crippen LogP contribution < -0.4 is 10.1 Å². The molecule has 0 aliphatic carbocycles. The lowest BCUT2D eigenvalue weighted by atomic mass is 9.92. The number of anilines is 1. The van der Waals surface area contributed by atoms with Crippen LogP contribution in [-0.4, -0.2) is 22.7 Å². The van der Waals surface area contributed by atoms with Crippen molar-refractivity contribution >= 4 is 34.2 Å². The molecule has 0 radical (unpaired) electrons. The number of carbonyl (C=O) groups is 1. The number of hydrogen-bond acceptors (Lipinski definition) is 3. The lowest BCUT2D eigenvalue weighted by molar-refractivity contribution is -0.118. The molecular weight excluding hydrogens is 333 g/mol. The number of ether oxygens (including phenoxy) is 1. The van der Waals surface area contributed by atoms with E-state index in [0.29, 0.717) is 29.3 Å². The van der Waals surface area contributed by atoms with E-state index in [4.69, 9.17) is 16.3 Å². The zero-order chi connectivity index (χ0) is 16.7. The quantitative estimate of drug-likeness (QED) is 0.741. The maximum Gasteiger partial charge on any atom is 0.233 e. The number of carbonyl (C=O) groups excluding carboxylic acids is 1. The summed E-state index contributed by atoms with van der Waals surface area (Å²) in [7, 11) is 0. The molecule has 2 heterocycles. The molecule has 0 saturated carbocycles. The van der Waals surface area contributed by atoms with Crippen LogP contribution in [0.15, 0.2) is 36.4 Å². The molecule has 5 nitrogen and oxygen atoms in total. The molecule has 1 aromatic heterocycles. The SMILES string of the molecule is O=C(Nc1n[nH]c2cccc(F)c12)C1CCOc2ccc(Cl)cc21. The molecule has 1 aliphatic rings. The van der Waals surface area contributed by atoms with E-state index in [9.17, 15) is 9.18 Å². The van der Waals surface area contributed by atoms with Crippen LogP contribution in [0, 0.1) is 5.82 Å². The molecule has 0 spiro atoms. The highest BCUT2D eigenvalue weighted by atomic mass is 35.5. The normalized spacial score (nSPS) is 16.5. The van der Waals surface area contributed by atoms with Crippen LogP contribution >= 0.6 is 11.6 Å². The first-order valence-corrected chi connectivity index (χ1v) is 7.87. The summed E-state index contributed by atoms with van der Waals surface area (Å²) in [5, 5.41) is 10.2. The molecular formula is C17H13ClFN3O2. The zero-order valence-corrected chi connectivity index (χ0v) is 13.2. The first-order valence-electron chi connectivity index (χ1n) is 7.49. The summed E-state index contributed by atoms with van der Waals surface area (Å²) in [4.78, 5) is 12.7. The Labute approximate surface area is 141 Å². The molecule has 2 aromatic carbocycles. The second kappa shape index (κ2) is 5.79. The first kappa shape index (κ1) is 15.0. The lowest BCUT2D eigenvalue weighted by Crippen LogP contribution is -2.26. The Morgan fingerprint density at radius 3 is 3.12 bits per heavy atom. The third-order valence-corrected chi connectivity index (χ3v) is 4.34. The minimum atomic E-state index is -0.438. The first-order chi connectivity index (χ1) is 11.6. The summed E-state index contributed by atoms with van der Waals surface area (Å²) in [6, 6.07) is 9.81. The lowest BCUT2D eigenvalue weighted by Gasteiger charge is -2.25. The van der Waals surface area contributed by atoms with Gasteiger partial charge in [0, 0.05) is 10.6 Å². The van der Waals surface area contributed by atoms with Gasteiger partial charge in [-0.1, -0.05) is 17.7 Å². The maximum absolute atomic E-state index is 14.0. The number of benzene rings is 2. The van der Waals surface area contributed by atoms with E-state index in [1.807, 2.05) is 0 Å². The summed E-state index contributed by atoms with van der Waals surface area (Å²) in [6.07, 6.45) is 0.518. The topological polar surface area (TPSA) is 67.0 Å². The van der Waals surface area contributed by atoms with Crippen molar-refractivity contribution in [2.45, 2.75) is 12.3 Å². The highest BCUT2D eigenvalue weighted by Gasteiger charge is 2.29. The van der Waals surface area contributed by atoms with Crippen LogP contribution in [0.1, 0.15) is 17.9 Å². The van der Waals surface area contributed by atoms with Gasteiger partial charge in [0.1, 0.15) is 11.6 Å². The number of halogens is 2. The minimum absolute atomic E-state index is 0.183. The average molecular weight is 346 g/mol. The van der Waals surface area contributed by atoms with E-state index in [2.05, 4.69) is 15.5 Å². The fourth-order valence-electron chi connectivity index (χ4n) is 2.96. The molecule has 7 heteroatoms. The van der Waals surface area contributed by atoms with Crippen LogP contribution in [0.25, 0.3) is 10.9 Å². The molecule has 0 saturated heterocycles. The fourth-order valence-corrected chi connectivity index (χ4v) is 3.14. The number of fused-ring (bicyclic) bond motifs is 2. The molecule has 4 rings (SSSR count). The number of amides is 1. The second-order valence-electron chi connectivity index (χ2n) is 5.60. The Hall–Kier alpha value is -2.60. The molecule has 3 aromatic rings. The predicted octanol–water partition coefficient (Wildman–Crippen LogP) is 3.86.